The van der Waals surface area contributed by atoms with Gasteiger partial charge in [0.2, 0.25) is 0 Å². The fraction of sp³-hybridized carbons (Fsp3) is 0.455. The molecule has 0 radical (unpaired) electrons. The number of nitrogens with zero attached hydrogens (tertiary/aromatic N) is 2. The summed E-state index contributed by atoms with van der Waals surface area (Å²) >= 11 is 0. The Labute approximate surface area is 171 Å². The number of unbranched alkanes of at least 4 members (excludes halogenated alkanes) is 2. The molecule has 2 aromatic rings. The van der Waals surface area contributed by atoms with Gasteiger partial charge in [-0.15, -0.1) is 0 Å². The summed E-state index contributed by atoms with van der Waals surface area (Å²) in [7, 11) is 0. The molecular formula is C22H30FN3O3. The van der Waals surface area contributed by atoms with Gasteiger partial charge in [-0.2, -0.15) is 0 Å². The van der Waals surface area contributed by atoms with Crippen molar-refractivity contribution in [3.8, 4) is 0 Å². The van der Waals surface area contributed by atoms with E-state index in [-0.39, 0.29) is 25.0 Å². The molecule has 2 rings (SSSR count). The van der Waals surface area contributed by atoms with E-state index in [9.17, 15) is 14.0 Å². The van der Waals surface area contributed by atoms with Crippen molar-refractivity contribution < 1.29 is 18.7 Å². The van der Waals surface area contributed by atoms with E-state index in [1.54, 1.807) is 17.9 Å². The minimum atomic E-state index is -0.455. The average Bonchev–Trinajstić information content (AvgIpc) is 3.12. The van der Waals surface area contributed by atoms with Gasteiger partial charge in [0.05, 0.1) is 13.2 Å². The second-order valence-corrected chi connectivity index (χ2v) is 6.85. The predicted molar refractivity (Wildman–Crippen MR) is 110 cm³/mol. The number of rotatable bonds is 11. The summed E-state index contributed by atoms with van der Waals surface area (Å²) in [4.78, 5) is 25.9. The Hall–Kier alpha value is -2.83. The van der Waals surface area contributed by atoms with Crippen LogP contribution in [0.4, 0.5) is 9.18 Å². The van der Waals surface area contributed by atoms with E-state index < -0.39 is 5.97 Å². The summed E-state index contributed by atoms with van der Waals surface area (Å²) in [5.41, 5.74) is 1.80. The number of carbonyl (C=O) groups excluding carboxylic acids is 2. The highest BCUT2D eigenvalue weighted by Crippen LogP contribution is 2.13. The van der Waals surface area contributed by atoms with Crippen molar-refractivity contribution in [2.45, 2.75) is 46.2 Å². The van der Waals surface area contributed by atoms with Gasteiger partial charge in [0.15, 0.2) is 0 Å². The summed E-state index contributed by atoms with van der Waals surface area (Å²) in [6.07, 6.45) is 4.87. The molecule has 1 aromatic carbocycles. The van der Waals surface area contributed by atoms with Crippen LogP contribution in [0.1, 0.15) is 44.4 Å². The number of aromatic nitrogens is 1. The summed E-state index contributed by atoms with van der Waals surface area (Å²) < 4.78 is 20.3. The van der Waals surface area contributed by atoms with E-state index >= 15 is 0 Å². The first-order valence-electron chi connectivity index (χ1n) is 10.1. The summed E-state index contributed by atoms with van der Waals surface area (Å²) in [5, 5.41) is 2.64. The van der Waals surface area contributed by atoms with Crippen molar-refractivity contribution in [1.29, 1.82) is 0 Å². The molecule has 0 bridgehead atoms. The molecule has 0 atom stereocenters. The van der Waals surface area contributed by atoms with Crippen LogP contribution < -0.4 is 5.32 Å². The molecule has 0 fully saturated rings. The van der Waals surface area contributed by atoms with E-state index in [4.69, 9.17) is 4.74 Å². The number of hydrogen-bond acceptors (Lipinski definition) is 3. The van der Waals surface area contributed by atoms with E-state index in [0.29, 0.717) is 19.6 Å². The van der Waals surface area contributed by atoms with Gasteiger partial charge in [-0.05, 0) is 43.2 Å². The van der Waals surface area contributed by atoms with Crippen LogP contribution in [0.2, 0.25) is 0 Å². The van der Waals surface area contributed by atoms with Gasteiger partial charge >= 0.3 is 12.0 Å². The molecule has 0 aliphatic heterocycles. The van der Waals surface area contributed by atoms with Crippen LogP contribution in [-0.2, 0) is 22.6 Å². The molecule has 2 amide bonds. The molecule has 7 heteroatoms. The molecule has 0 aliphatic carbocycles. The monoisotopic (exact) mass is 403 g/mol. The molecule has 1 aromatic heterocycles. The fourth-order valence-electron chi connectivity index (χ4n) is 3.05. The first kappa shape index (κ1) is 22.5. The molecule has 0 spiro atoms. The number of carbonyl (C=O) groups is 2. The molecule has 158 valence electrons. The van der Waals surface area contributed by atoms with Gasteiger partial charge in [0.1, 0.15) is 12.4 Å². The van der Waals surface area contributed by atoms with Gasteiger partial charge < -0.3 is 19.5 Å². The van der Waals surface area contributed by atoms with Crippen LogP contribution in [0.3, 0.4) is 0 Å². The Morgan fingerprint density at radius 1 is 1.17 bits per heavy atom. The number of ether oxygens (including phenoxy) is 1. The molecule has 0 saturated heterocycles. The number of halogens is 1. The smallest absolute Gasteiger partial charge is 0.325 e. The van der Waals surface area contributed by atoms with E-state index in [1.807, 2.05) is 29.0 Å². The zero-order chi connectivity index (χ0) is 21.1. The van der Waals surface area contributed by atoms with E-state index in [0.717, 1.165) is 30.5 Å². The van der Waals surface area contributed by atoms with Crippen molar-refractivity contribution >= 4 is 12.0 Å². The molecule has 0 unspecified atom stereocenters. The number of amides is 2. The zero-order valence-corrected chi connectivity index (χ0v) is 17.2. The topological polar surface area (TPSA) is 63.6 Å². The summed E-state index contributed by atoms with van der Waals surface area (Å²) in [6, 6.07) is 10.1. The average molecular weight is 403 g/mol. The number of hydrogen-bond donors (Lipinski definition) is 1. The number of urea groups is 1. The highest BCUT2D eigenvalue weighted by molar-refractivity contribution is 5.80. The highest BCUT2D eigenvalue weighted by atomic mass is 19.1. The Morgan fingerprint density at radius 3 is 2.72 bits per heavy atom. The molecule has 0 saturated carbocycles. The van der Waals surface area contributed by atoms with E-state index in [1.165, 1.54) is 12.1 Å². The van der Waals surface area contributed by atoms with Crippen LogP contribution >= 0.6 is 0 Å². The maximum Gasteiger partial charge on any atom is 0.325 e. The van der Waals surface area contributed by atoms with Gasteiger partial charge in [0, 0.05) is 25.0 Å². The second-order valence-electron chi connectivity index (χ2n) is 6.85. The fourth-order valence-corrected chi connectivity index (χ4v) is 3.05. The third-order valence-electron chi connectivity index (χ3n) is 4.53. The van der Waals surface area contributed by atoms with Crippen LogP contribution in [0.15, 0.2) is 42.6 Å². The lowest BCUT2D eigenvalue weighted by atomic mass is 10.2. The first-order valence-corrected chi connectivity index (χ1v) is 10.1. The summed E-state index contributed by atoms with van der Waals surface area (Å²) in [6.45, 7) is 5.48. The molecule has 1 N–H and O–H groups in total. The van der Waals surface area contributed by atoms with Crippen molar-refractivity contribution in [3.05, 3.63) is 59.7 Å². The highest BCUT2D eigenvalue weighted by Gasteiger charge is 2.17. The van der Waals surface area contributed by atoms with Crippen molar-refractivity contribution in [2.24, 2.45) is 0 Å². The van der Waals surface area contributed by atoms with Gasteiger partial charge in [-0.1, -0.05) is 31.9 Å². The lowest BCUT2D eigenvalue weighted by molar-refractivity contribution is -0.141. The Bertz CT molecular complexity index is 791. The number of benzene rings is 1. The van der Waals surface area contributed by atoms with Gasteiger partial charge in [-0.3, -0.25) is 4.79 Å². The van der Waals surface area contributed by atoms with Crippen LogP contribution in [0, 0.1) is 5.82 Å². The van der Waals surface area contributed by atoms with Gasteiger partial charge in [0.25, 0.3) is 0 Å². The molecule has 0 aliphatic rings. The number of nitrogens with one attached hydrogen (secondary N) is 1. The van der Waals surface area contributed by atoms with Crippen LogP contribution in [-0.4, -0.2) is 41.2 Å². The first-order chi connectivity index (χ1) is 14.0. The van der Waals surface area contributed by atoms with Gasteiger partial charge in [-0.25, -0.2) is 9.18 Å². The maximum atomic E-state index is 13.5. The zero-order valence-electron chi connectivity index (χ0n) is 17.2. The second kappa shape index (κ2) is 11.9. The SMILES string of the molecule is CCCCCN(Cc1cccn1Cc1cccc(F)c1)C(=O)NCC(=O)OCC. The molecule has 29 heavy (non-hydrogen) atoms. The third kappa shape index (κ3) is 7.60. The predicted octanol–water partition coefficient (Wildman–Crippen LogP) is 3.94. The Morgan fingerprint density at radius 2 is 2.00 bits per heavy atom. The van der Waals surface area contributed by atoms with E-state index in [2.05, 4.69) is 12.2 Å². The Kier molecular flexibility index (Phi) is 9.21. The third-order valence-corrected chi connectivity index (χ3v) is 4.53. The minimum Gasteiger partial charge on any atom is -0.465 e. The van der Waals surface area contributed by atoms with Crippen molar-refractivity contribution in [2.75, 3.05) is 19.7 Å². The molecular weight excluding hydrogens is 373 g/mol. The minimum absolute atomic E-state index is 0.152. The largest absolute Gasteiger partial charge is 0.465 e. The Balaban J connectivity index is 2.05. The van der Waals surface area contributed by atoms with Crippen molar-refractivity contribution in [1.82, 2.24) is 14.8 Å². The molecule has 6 nitrogen and oxygen atoms in total. The van der Waals surface area contributed by atoms with Crippen molar-refractivity contribution in [3.63, 3.8) is 0 Å². The molecule has 1 heterocycles. The number of esters is 1. The van der Waals surface area contributed by atoms with Crippen LogP contribution in [0.5, 0.6) is 0 Å². The van der Waals surface area contributed by atoms with Crippen LogP contribution in [0.25, 0.3) is 0 Å². The standard InChI is InChI=1S/C22H30FN3O3/c1-3-5-6-12-26(22(28)24-15-21(27)29-4-2)17-20-11-8-13-25(20)16-18-9-7-10-19(23)14-18/h7-11,13-14H,3-6,12,15-17H2,1-2H3,(H,24,28). The quantitative estimate of drug-likeness (QED) is 0.457. The summed E-state index contributed by atoms with van der Waals surface area (Å²) in [5.74, 6) is -0.723. The normalized spacial score (nSPS) is 10.6. The lowest BCUT2D eigenvalue weighted by Gasteiger charge is -2.24. The lowest BCUT2D eigenvalue weighted by Crippen LogP contribution is -2.42. The maximum absolute atomic E-state index is 13.5.